The molecule has 0 spiro atoms. The summed E-state index contributed by atoms with van der Waals surface area (Å²) in [5.41, 5.74) is 2.14. The maximum absolute atomic E-state index is 12.7. The minimum absolute atomic E-state index is 0.125. The number of hydrogen-bond acceptors (Lipinski definition) is 2. The lowest BCUT2D eigenvalue weighted by atomic mass is 10.1. The molecule has 0 fully saturated rings. The number of benzene rings is 1. The maximum Gasteiger partial charge on any atom is 0.417 e. The first-order chi connectivity index (χ1) is 12.3. The summed E-state index contributed by atoms with van der Waals surface area (Å²) in [6.45, 7) is 2.10. The smallest absolute Gasteiger partial charge is 0.347 e. The van der Waals surface area contributed by atoms with Gasteiger partial charge in [0, 0.05) is 18.5 Å². The highest BCUT2D eigenvalue weighted by Gasteiger charge is 2.30. The van der Waals surface area contributed by atoms with Gasteiger partial charge in [0.1, 0.15) is 5.65 Å². The third-order valence-corrected chi connectivity index (χ3v) is 3.78. The van der Waals surface area contributed by atoms with E-state index in [2.05, 4.69) is 10.3 Å². The summed E-state index contributed by atoms with van der Waals surface area (Å²) >= 11 is 0. The van der Waals surface area contributed by atoms with Crippen LogP contribution < -0.4 is 5.32 Å². The molecule has 0 aliphatic carbocycles. The molecule has 26 heavy (non-hydrogen) atoms. The average molecular weight is 359 g/mol. The Morgan fingerprint density at radius 1 is 1.15 bits per heavy atom. The van der Waals surface area contributed by atoms with Crippen LogP contribution in [0.25, 0.3) is 11.7 Å². The van der Waals surface area contributed by atoms with Gasteiger partial charge in [0.2, 0.25) is 5.91 Å². The van der Waals surface area contributed by atoms with Crippen LogP contribution in [0.1, 0.15) is 22.4 Å². The van der Waals surface area contributed by atoms with Crippen LogP contribution >= 0.6 is 0 Å². The van der Waals surface area contributed by atoms with E-state index >= 15 is 0 Å². The van der Waals surface area contributed by atoms with E-state index < -0.39 is 11.7 Å². The number of nitrogens with zero attached hydrogens (tertiary/aromatic N) is 2. The summed E-state index contributed by atoms with van der Waals surface area (Å²) < 4.78 is 39.5. The van der Waals surface area contributed by atoms with Gasteiger partial charge < -0.3 is 9.72 Å². The van der Waals surface area contributed by atoms with Gasteiger partial charge in [0.15, 0.2) is 0 Å². The number of nitrogens with one attached hydrogen (secondary N) is 1. The second kappa shape index (κ2) is 7.03. The summed E-state index contributed by atoms with van der Waals surface area (Å²) in [6, 6.07) is 9.98. The van der Waals surface area contributed by atoms with E-state index in [0.29, 0.717) is 11.3 Å². The molecule has 0 saturated heterocycles. The molecule has 2 heterocycles. The first-order valence-electron chi connectivity index (χ1n) is 7.89. The zero-order chi connectivity index (χ0) is 18.7. The Morgan fingerprint density at radius 2 is 1.88 bits per heavy atom. The number of fused-ring (bicyclic) bond motifs is 1. The number of carbonyl (C=O) groups is 1. The minimum atomic E-state index is -4.41. The predicted octanol–water partition coefficient (Wildman–Crippen LogP) is 3.99. The summed E-state index contributed by atoms with van der Waals surface area (Å²) in [7, 11) is 0. The third kappa shape index (κ3) is 4.30. The number of imidazole rings is 1. The van der Waals surface area contributed by atoms with E-state index in [1.54, 1.807) is 6.08 Å². The molecule has 2 aromatic heterocycles. The highest BCUT2D eigenvalue weighted by Crippen LogP contribution is 2.29. The molecule has 4 nitrogen and oxygen atoms in total. The molecule has 0 saturated carbocycles. The largest absolute Gasteiger partial charge is 0.417 e. The van der Waals surface area contributed by atoms with Crippen molar-refractivity contribution < 1.29 is 18.0 Å². The molecule has 1 aromatic carbocycles. The summed E-state index contributed by atoms with van der Waals surface area (Å²) in [6.07, 6.45) is 1.13. The number of pyridine rings is 1. The third-order valence-electron chi connectivity index (χ3n) is 3.78. The molecular formula is C19H16F3N3O. The van der Waals surface area contributed by atoms with E-state index in [0.717, 1.165) is 23.4 Å². The molecule has 3 rings (SSSR count). The van der Waals surface area contributed by atoms with Crippen LogP contribution in [0.2, 0.25) is 0 Å². The molecule has 3 aromatic rings. The molecule has 134 valence electrons. The second-order valence-electron chi connectivity index (χ2n) is 5.88. The fraction of sp³-hybridized carbons (Fsp3) is 0.158. The van der Waals surface area contributed by atoms with Crippen molar-refractivity contribution in [3.05, 3.63) is 77.3 Å². The Morgan fingerprint density at radius 3 is 2.58 bits per heavy atom. The van der Waals surface area contributed by atoms with Crippen LogP contribution in [-0.2, 0) is 17.5 Å². The lowest BCUT2D eigenvalue weighted by molar-refractivity contribution is -0.137. The van der Waals surface area contributed by atoms with Crippen LogP contribution in [0, 0.1) is 6.92 Å². The number of alkyl halides is 3. The van der Waals surface area contributed by atoms with Crippen molar-refractivity contribution in [2.75, 3.05) is 0 Å². The number of aryl methyl sites for hydroxylation is 1. The number of amides is 1. The van der Waals surface area contributed by atoms with Crippen LogP contribution in [0.4, 0.5) is 13.2 Å². The molecule has 1 amide bonds. The van der Waals surface area contributed by atoms with E-state index in [4.69, 9.17) is 0 Å². The fourth-order valence-corrected chi connectivity index (χ4v) is 2.38. The van der Waals surface area contributed by atoms with E-state index in [9.17, 15) is 18.0 Å². The first-order valence-corrected chi connectivity index (χ1v) is 7.89. The Hall–Kier alpha value is -3.09. The number of carbonyl (C=O) groups excluding carboxylic acids is 1. The highest BCUT2D eigenvalue weighted by atomic mass is 19.4. The van der Waals surface area contributed by atoms with Crippen molar-refractivity contribution in [2.24, 2.45) is 0 Å². The van der Waals surface area contributed by atoms with Gasteiger partial charge in [-0.25, -0.2) is 4.98 Å². The molecule has 1 N–H and O–H groups in total. The Bertz CT molecular complexity index is 956. The van der Waals surface area contributed by atoms with Crippen molar-refractivity contribution >= 4 is 17.6 Å². The van der Waals surface area contributed by atoms with E-state index in [1.807, 2.05) is 31.2 Å². The molecular weight excluding hydrogens is 343 g/mol. The summed E-state index contributed by atoms with van der Waals surface area (Å²) in [5.74, 6) is -0.307. The zero-order valence-corrected chi connectivity index (χ0v) is 13.9. The number of halogens is 3. The van der Waals surface area contributed by atoms with Gasteiger partial charge in [-0.2, -0.15) is 13.2 Å². The van der Waals surface area contributed by atoms with Gasteiger partial charge in [-0.1, -0.05) is 29.8 Å². The van der Waals surface area contributed by atoms with Crippen molar-refractivity contribution in [3.63, 3.8) is 0 Å². The normalized spacial score (nSPS) is 12.0. The van der Waals surface area contributed by atoms with Crippen molar-refractivity contribution in [1.82, 2.24) is 14.7 Å². The molecule has 0 atom stereocenters. The van der Waals surface area contributed by atoms with Gasteiger partial charge in [0.05, 0.1) is 17.8 Å². The molecule has 0 aliphatic rings. The van der Waals surface area contributed by atoms with Crippen LogP contribution in [0.5, 0.6) is 0 Å². The fourth-order valence-electron chi connectivity index (χ4n) is 2.38. The monoisotopic (exact) mass is 359 g/mol. The standard InChI is InChI=1S/C19H16F3N3O/c1-13-2-4-14(5-3-13)6-9-18(26)23-10-16-12-25-11-15(19(20,21)22)7-8-17(25)24-16/h2-9,11-12H,10H2,1H3,(H,23,26)/b9-6+. The second-order valence-corrected chi connectivity index (χ2v) is 5.88. The van der Waals surface area contributed by atoms with Crippen LogP contribution in [0.3, 0.4) is 0 Å². The van der Waals surface area contributed by atoms with Crippen LogP contribution in [-0.4, -0.2) is 15.3 Å². The van der Waals surface area contributed by atoms with Crippen LogP contribution in [0.15, 0.2) is 54.9 Å². The summed E-state index contributed by atoms with van der Waals surface area (Å²) in [5, 5.41) is 2.66. The number of aromatic nitrogens is 2. The molecule has 7 heteroatoms. The SMILES string of the molecule is Cc1ccc(/C=C/C(=O)NCc2cn3cc(C(F)(F)F)ccc3n2)cc1. The lowest BCUT2D eigenvalue weighted by Gasteiger charge is -2.05. The van der Waals surface area contributed by atoms with Gasteiger partial charge in [0.25, 0.3) is 0 Å². The Labute approximate surface area is 148 Å². The molecule has 0 aliphatic heterocycles. The van der Waals surface area contributed by atoms with Crippen molar-refractivity contribution in [3.8, 4) is 0 Å². The summed E-state index contributed by atoms with van der Waals surface area (Å²) in [4.78, 5) is 16.1. The Balaban J connectivity index is 1.63. The van der Waals surface area contributed by atoms with E-state index in [-0.39, 0.29) is 12.5 Å². The molecule has 0 unspecified atom stereocenters. The quantitative estimate of drug-likeness (QED) is 0.716. The highest BCUT2D eigenvalue weighted by molar-refractivity contribution is 5.91. The molecule has 0 bridgehead atoms. The topological polar surface area (TPSA) is 46.4 Å². The van der Waals surface area contributed by atoms with Gasteiger partial charge >= 0.3 is 6.18 Å². The van der Waals surface area contributed by atoms with Crippen molar-refractivity contribution in [2.45, 2.75) is 19.6 Å². The Kier molecular flexibility index (Phi) is 4.79. The predicted molar refractivity (Wildman–Crippen MR) is 92.3 cm³/mol. The molecule has 0 radical (unpaired) electrons. The zero-order valence-electron chi connectivity index (χ0n) is 13.9. The first kappa shape index (κ1) is 17.7. The van der Waals surface area contributed by atoms with Gasteiger partial charge in [-0.3, -0.25) is 4.79 Å². The van der Waals surface area contributed by atoms with Gasteiger partial charge in [-0.15, -0.1) is 0 Å². The van der Waals surface area contributed by atoms with Crippen molar-refractivity contribution in [1.29, 1.82) is 0 Å². The number of hydrogen-bond donors (Lipinski definition) is 1. The lowest BCUT2D eigenvalue weighted by Crippen LogP contribution is -2.20. The maximum atomic E-state index is 12.7. The van der Waals surface area contributed by atoms with Gasteiger partial charge in [-0.05, 0) is 30.7 Å². The minimum Gasteiger partial charge on any atom is -0.347 e. The van der Waals surface area contributed by atoms with E-state index in [1.165, 1.54) is 22.7 Å². The number of rotatable bonds is 4. The average Bonchev–Trinajstić information content (AvgIpc) is 3.01.